The number of nitrogens with zero attached hydrogens (tertiary/aromatic N) is 1. The number of para-hydroxylation sites is 1. The Hall–Kier alpha value is -2.74. The number of amides is 1. The lowest BCUT2D eigenvalue weighted by Crippen LogP contribution is -2.13. The van der Waals surface area contributed by atoms with Crippen molar-refractivity contribution < 1.29 is 4.79 Å². The molecule has 0 fully saturated rings. The number of anilines is 1. The number of hydrogen-bond donors (Lipinski definition) is 2. The van der Waals surface area contributed by atoms with Gasteiger partial charge in [-0.25, -0.2) is 0 Å². The maximum Gasteiger partial charge on any atom is 0.266 e. The van der Waals surface area contributed by atoms with Crippen molar-refractivity contribution in [1.82, 2.24) is 4.98 Å². The summed E-state index contributed by atoms with van der Waals surface area (Å²) in [6, 6.07) is 14.3. The predicted molar refractivity (Wildman–Crippen MR) is 97.0 cm³/mol. The Morgan fingerprint density at radius 2 is 2.00 bits per heavy atom. The van der Waals surface area contributed by atoms with Gasteiger partial charge in [0.15, 0.2) is 0 Å². The molecule has 0 unspecified atom stereocenters. The molecule has 2 N–H and O–H groups in total. The first kappa shape index (κ1) is 16.1. The number of H-pyrrole nitrogens is 1. The molecule has 0 aliphatic carbocycles. The van der Waals surface area contributed by atoms with E-state index in [0.29, 0.717) is 15.7 Å². The molecule has 1 heterocycles. The van der Waals surface area contributed by atoms with E-state index in [1.165, 1.54) is 12.1 Å². The average molecular weight is 356 g/mol. The molecule has 0 radical (unpaired) electrons. The number of halogens is 2. The van der Waals surface area contributed by atoms with Gasteiger partial charge in [0, 0.05) is 27.7 Å². The molecular weight excluding hydrogens is 345 g/mol. The van der Waals surface area contributed by atoms with Crippen molar-refractivity contribution >= 4 is 51.8 Å². The summed E-state index contributed by atoms with van der Waals surface area (Å²) in [5, 5.41) is 13.6. The van der Waals surface area contributed by atoms with Crippen LogP contribution in [0.3, 0.4) is 0 Å². The molecule has 6 heteroatoms. The van der Waals surface area contributed by atoms with Crippen molar-refractivity contribution in [2.45, 2.75) is 0 Å². The van der Waals surface area contributed by atoms with Gasteiger partial charge in [0.2, 0.25) is 0 Å². The molecule has 3 rings (SSSR count). The minimum atomic E-state index is -0.549. The van der Waals surface area contributed by atoms with Crippen LogP contribution in [0.15, 0.2) is 54.2 Å². The standard InChI is InChI=1S/C18H11Cl2N3O/c19-13-5-6-15(20)17(8-13)23-18(24)11(9-21)7-12-10-22-16-4-2-1-3-14(12)16/h1-8,10,22H,(H,23,24). The summed E-state index contributed by atoms with van der Waals surface area (Å²) in [5.41, 5.74) is 2.01. The third kappa shape index (κ3) is 3.28. The van der Waals surface area contributed by atoms with Gasteiger partial charge in [-0.15, -0.1) is 0 Å². The Morgan fingerprint density at radius 1 is 1.21 bits per heavy atom. The number of benzene rings is 2. The molecule has 0 aliphatic heterocycles. The Bertz CT molecular complexity index is 999. The van der Waals surface area contributed by atoms with Crippen molar-refractivity contribution in [3.8, 4) is 6.07 Å². The summed E-state index contributed by atoms with van der Waals surface area (Å²) in [4.78, 5) is 15.5. The summed E-state index contributed by atoms with van der Waals surface area (Å²) in [7, 11) is 0. The van der Waals surface area contributed by atoms with Crippen LogP contribution in [0.2, 0.25) is 10.0 Å². The van der Waals surface area contributed by atoms with E-state index in [0.717, 1.165) is 16.5 Å². The second-order valence-electron chi connectivity index (χ2n) is 5.04. The highest BCUT2D eigenvalue weighted by Crippen LogP contribution is 2.26. The molecule has 0 bridgehead atoms. The fourth-order valence-electron chi connectivity index (χ4n) is 2.30. The van der Waals surface area contributed by atoms with Gasteiger partial charge in [-0.3, -0.25) is 4.79 Å². The lowest BCUT2D eigenvalue weighted by molar-refractivity contribution is -0.112. The van der Waals surface area contributed by atoms with E-state index in [4.69, 9.17) is 23.2 Å². The monoisotopic (exact) mass is 355 g/mol. The van der Waals surface area contributed by atoms with Gasteiger partial charge in [0.05, 0.1) is 10.7 Å². The quantitative estimate of drug-likeness (QED) is 0.511. The lowest BCUT2D eigenvalue weighted by atomic mass is 10.1. The molecule has 4 nitrogen and oxygen atoms in total. The van der Waals surface area contributed by atoms with E-state index in [2.05, 4.69) is 10.3 Å². The zero-order valence-electron chi connectivity index (χ0n) is 12.3. The van der Waals surface area contributed by atoms with Crippen molar-refractivity contribution in [3.05, 3.63) is 69.8 Å². The maximum absolute atomic E-state index is 12.4. The van der Waals surface area contributed by atoms with E-state index in [9.17, 15) is 10.1 Å². The van der Waals surface area contributed by atoms with Crippen molar-refractivity contribution in [1.29, 1.82) is 5.26 Å². The van der Waals surface area contributed by atoms with Crippen LogP contribution < -0.4 is 5.32 Å². The van der Waals surface area contributed by atoms with E-state index < -0.39 is 5.91 Å². The number of hydrogen-bond acceptors (Lipinski definition) is 2. The summed E-state index contributed by atoms with van der Waals surface area (Å²) in [6.45, 7) is 0. The number of nitriles is 1. The van der Waals surface area contributed by atoms with E-state index in [1.807, 2.05) is 30.3 Å². The third-order valence-electron chi connectivity index (χ3n) is 3.46. The molecule has 0 atom stereocenters. The van der Waals surface area contributed by atoms with E-state index in [1.54, 1.807) is 18.3 Å². The highest BCUT2D eigenvalue weighted by Gasteiger charge is 2.13. The van der Waals surface area contributed by atoms with Gasteiger partial charge in [-0.1, -0.05) is 41.4 Å². The predicted octanol–water partition coefficient (Wildman–Crippen LogP) is 5.02. The van der Waals surface area contributed by atoms with Gasteiger partial charge < -0.3 is 10.3 Å². The number of aromatic amines is 1. The normalized spacial score (nSPS) is 11.3. The second-order valence-corrected chi connectivity index (χ2v) is 5.88. The third-order valence-corrected chi connectivity index (χ3v) is 4.03. The molecule has 0 saturated heterocycles. The molecule has 1 aromatic heterocycles. The van der Waals surface area contributed by atoms with Crippen LogP contribution in [-0.4, -0.2) is 10.9 Å². The minimum absolute atomic E-state index is 0.0317. The summed E-state index contributed by atoms with van der Waals surface area (Å²) in [6.07, 6.45) is 3.29. The second kappa shape index (κ2) is 6.79. The van der Waals surface area contributed by atoms with Gasteiger partial charge in [0.1, 0.15) is 11.6 Å². The fourth-order valence-corrected chi connectivity index (χ4v) is 2.64. The van der Waals surface area contributed by atoms with Crippen LogP contribution in [0.4, 0.5) is 5.69 Å². The zero-order valence-corrected chi connectivity index (χ0v) is 13.8. The van der Waals surface area contributed by atoms with Gasteiger partial charge >= 0.3 is 0 Å². The maximum atomic E-state index is 12.4. The number of carbonyl (C=O) groups is 1. The van der Waals surface area contributed by atoms with E-state index in [-0.39, 0.29) is 5.57 Å². The largest absolute Gasteiger partial charge is 0.361 e. The van der Waals surface area contributed by atoms with Crippen LogP contribution in [0, 0.1) is 11.3 Å². The number of nitrogens with one attached hydrogen (secondary N) is 2. The fraction of sp³-hybridized carbons (Fsp3) is 0. The molecule has 1 amide bonds. The lowest BCUT2D eigenvalue weighted by Gasteiger charge is -2.06. The first-order chi connectivity index (χ1) is 11.6. The first-order valence-electron chi connectivity index (χ1n) is 7.03. The van der Waals surface area contributed by atoms with Gasteiger partial charge in [-0.05, 0) is 30.3 Å². The molecular formula is C18H11Cl2N3O. The molecule has 3 aromatic rings. The first-order valence-corrected chi connectivity index (χ1v) is 7.78. The number of fused-ring (bicyclic) bond motifs is 1. The molecule has 0 spiro atoms. The van der Waals surface area contributed by atoms with E-state index >= 15 is 0 Å². The Balaban J connectivity index is 1.92. The number of aromatic nitrogens is 1. The van der Waals surface area contributed by atoms with Crippen LogP contribution in [0.1, 0.15) is 5.56 Å². The molecule has 118 valence electrons. The van der Waals surface area contributed by atoms with Crippen molar-refractivity contribution in [2.75, 3.05) is 5.32 Å². The SMILES string of the molecule is N#CC(=Cc1c[nH]c2ccccc12)C(=O)Nc1cc(Cl)ccc1Cl. The summed E-state index contributed by atoms with van der Waals surface area (Å²) >= 11 is 11.9. The Kier molecular flexibility index (Phi) is 4.57. The van der Waals surface area contributed by atoms with Gasteiger partial charge in [0.25, 0.3) is 5.91 Å². The van der Waals surface area contributed by atoms with Crippen LogP contribution in [-0.2, 0) is 4.79 Å². The van der Waals surface area contributed by atoms with Crippen molar-refractivity contribution in [3.63, 3.8) is 0 Å². The van der Waals surface area contributed by atoms with Crippen LogP contribution in [0.5, 0.6) is 0 Å². The highest BCUT2D eigenvalue weighted by molar-refractivity contribution is 6.36. The summed E-state index contributed by atoms with van der Waals surface area (Å²) < 4.78 is 0. The van der Waals surface area contributed by atoms with Crippen LogP contribution >= 0.6 is 23.2 Å². The Labute approximate surface area is 148 Å². The number of carbonyl (C=O) groups excluding carboxylic acids is 1. The molecule has 0 saturated carbocycles. The van der Waals surface area contributed by atoms with Gasteiger partial charge in [-0.2, -0.15) is 5.26 Å². The van der Waals surface area contributed by atoms with Crippen LogP contribution in [0.25, 0.3) is 17.0 Å². The average Bonchev–Trinajstić information content (AvgIpc) is 2.99. The topological polar surface area (TPSA) is 68.7 Å². The minimum Gasteiger partial charge on any atom is -0.361 e. The number of rotatable bonds is 3. The molecule has 0 aliphatic rings. The smallest absolute Gasteiger partial charge is 0.266 e. The zero-order chi connectivity index (χ0) is 17.1. The molecule has 2 aromatic carbocycles. The Morgan fingerprint density at radius 3 is 2.79 bits per heavy atom. The summed E-state index contributed by atoms with van der Waals surface area (Å²) in [5.74, 6) is -0.549. The highest BCUT2D eigenvalue weighted by atomic mass is 35.5. The van der Waals surface area contributed by atoms with Crippen molar-refractivity contribution in [2.24, 2.45) is 0 Å². The molecule has 24 heavy (non-hydrogen) atoms.